The molecule has 0 bridgehead atoms. The van der Waals surface area contributed by atoms with Crippen molar-refractivity contribution in [1.82, 2.24) is 0 Å². The number of hydrogen-bond donors (Lipinski definition) is 1. The van der Waals surface area contributed by atoms with Crippen LogP contribution >= 0.6 is 11.3 Å². The highest BCUT2D eigenvalue weighted by atomic mass is 32.2. The predicted octanol–water partition coefficient (Wildman–Crippen LogP) is 2.22. The Balaban J connectivity index is 2.17. The first-order chi connectivity index (χ1) is 8.09. The van der Waals surface area contributed by atoms with Crippen molar-refractivity contribution in [2.24, 2.45) is 5.73 Å². The van der Waals surface area contributed by atoms with Gasteiger partial charge < -0.3 is 5.73 Å². The summed E-state index contributed by atoms with van der Waals surface area (Å²) in [4.78, 5) is 0. The highest BCUT2D eigenvalue weighted by Gasteiger charge is 2.20. The smallest absolute Gasteiger partial charge is 0.189 e. The minimum absolute atomic E-state index is 0.0580. The molecule has 0 amide bonds. The molecule has 2 aromatic rings. The maximum atomic E-state index is 12.0. The summed E-state index contributed by atoms with van der Waals surface area (Å²) in [7, 11) is -3.27. The van der Waals surface area contributed by atoms with Crippen molar-refractivity contribution >= 4 is 21.2 Å². The molecule has 0 fully saturated rings. The van der Waals surface area contributed by atoms with Crippen LogP contribution in [0, 0.1) is 0 Å². The van der Waals surface area contributed by atoms with Crippen LogP contribution in [0.25, 0.3) is 0 Å². The van der Waals surface area contributed by atoms with E-state index in [9.17, 15) is 8.42 Å². The van der Waals surface area contributed by atoms with Gasteiger partial charge in [-0.3, -0.25) is 0 Å². The average molecular weight is 267 g/mol. The molecule has 0 radical (unpaired) electrons. The third-order valence-corrected chi connectivity index (χ3v) is 5.69. The first-order valence-corrected chi connectivity index (χ1v) is 7.69. The Hall–Kier alpha value is -1.17. The molecule has 1 heterocycles. The summed E-state index contributed by atoms with van der Waals surface area (Å²) in [5, 5.41) is 1.75. The van der Waals surface area contributed by atoms with Crippen LogP contribution in [0.5, 0.6) is 0 Å². The van der Waals surface area contributed by atoms with E-state index in [1.807, 2.05) is 30.3 Å². The van der Waals surface area contributed by atoms with Crippen LogP contribution < -0.4 is 5.73 Å². The SMILES string of the molecule is NC(CS(=O)(=O)c1cccs1)c1ccccc1. The summed E-state index contributed by atoms with van der Waals surface area (Å²) in [6, 6.07) is 12.1. The topological polar surface area (TPSA) is 60.2 Å². The molecule has 3 nitrogen and oxygen atoms in total. The molecule has 0 saturated heterocycles. The van der Waals surface area contributed by atoms with Crippen molar-refractivity contribution in [3.63, 3.8) is 0 Å². The van der Waals surface area contributed by atoms with Gasteiger partial charge in [0.2, 0.25) is 0 Å². The number of thiophene rings is 1. The molecule has 0 aliphatic heterocycles. The molecule has 17 heavy (non-hydrogen) atoms. The Morgan fingerprint density at radius 2 is 1.82 bits per heavy atom. The van der Waals surface area contributed by atoms with Crippen LogP contribution in [0.15, 0.2) is 52.1 Å². The maximum Gasteiger partial charge on any atom is 0.189 e. The van der Waals surface area contributed by atoms with Crippen LogP contribution in [0.4, 0.5) is 0 Å². The lowest BCUT2D eigenvalue weighted by molar-refractivity contribution is 0.591. The Morgan fingerprint density at radius 1 is 1.12 bits per heavy atom. The molecule has 0 saturated carbocycles. The van der Waals surface area contributed by atoms with Gasteiger partial charge in [-0.1, -0.05) is 36.4 Å². The van der Waals surface area contributed by atoms with Gasteiger partial charge in [0.05, 0.1) is 5.75 Å². The first-order valence-electron chi connectivity index (χ1n) is 5.16. The van der Waals surface area contributed by atoms with Gasteiger partial charge >= 0.3 is 0 Å². The average Bonchev–Trinajstić information content (AvgIpc) is 2.84. The van der Waals surface area contributed by atoms with Gasteiger partial charge in [0.1, 0.15) is 4.21 Å². The molecule has 1 aromatic heterocycles. The molecule has 0 aliphatic carbocycles. The fourth-order valence-electron chi connectivity index (χ4n) is 1.56. The van der Waals surface area contributed by atoms with E-state index in [-0.39, 0.29) is 5.75 Å². The van der Waals surface area contributed by atoms with E-state index in [2.05, 4.69) is 0 Å². The summed E-state index contributed by atoms with van der Waals surface area (Å²) in [6.07, 6.45) is 0. The zero-order valence-electron chi connectivity index (χ0n) is 9.11. The van der Waals surface area contributed by atoms with E-state index >= 15 is 0 Å². The Labute approximate surface area is 105 Å². The summed E-state index contributed by atoms with van der Waals surface area (Å²) >= 11 is 1.22. The Bertz CT molecular complexity index is 562. The lowest BCUT2D eigenvalue weighted by Crippen LogP contribution is -2.21. The number of hydrogen-bond acceptors (Lipinski definition) is 4. The summed E-state index contributed by atoms with van der Waals surface area (Å²) in [6.45, 7) is 0. The predicted molar refractivity (Wildman–Crippen MR) is 69.7 cm³/mol. The van der Waals surface area contributed by atoms with E-state index in [0.717, 1.165) is 5.56 Å². The monoisotopic (exact) mass is 267 g/mol. The molecule has 2 N–H and O–H groups in total. The van der Waals surface area contributed by atoms with Gasteiger partial charge in [0.15, 0.2) is 9.84 Å². The number of rotatable bonds is 4. The van der Waals surface area contributed by atoms with Crippen LogP contribution in [-0.4, -0.2) is 14.2 Å². The van der Waals surface area contributed by atoms with E-state index in [1.165, 1.54) is 11.3 Å². The molecule has 2 rings (SSSR count). The zero-order chi connectivity index (χ0) is 12.3. The van der Waals surface area contributed by atoms with E-state index < -0.39 is 15.9 Å². The third kappa shape index (κ3) is 2.94. The van der Waals surface area contributed by atoms with Crippen molar-refractivity contribution < 1.29 is 8.42 Å². The van der Waals surface area contributed by atoms with Gasteiger partial charge in [-0.05, 0) is 17.0 Å². The normalized spacial score (nSPS) is 13.5. The minimum Gasteiger partial charge on any atom is -0.323 e. The second-order valence-electron chi connectivity index (χ2n) is 3.73. The van der Waals surface area contributed by atoms with Crippen molar-refractivity contribution in [3.05, 3.63) is 53.4 Å². The zero-order valence-corrected chi connectivity index (χ0v) is 10.7. The Morgan fingerprint density at radius 3 is 2.41 bits per heavy atom. The fraction of sp³-hybridized carbons (Fsp3) is 0.167. The second-order valence-corrected chi connectivity index (χ2v) is 6.94. The second kappa shape index (κ2) is 5.00. The van der Waals surface area contributed by atoms with E-state index in [1.54, 1.807) is 17.5 Å². The summed E-state index contributed by atoms with van der Waals surface area (Å²) in [5.74, 6) is -0.0580. The van der Waals surface area contributed by atoms with E-state index in [0.29, 0.717) is 4.21 Å². The molecule has 0 spiro atoms. The van der Waals surface area contributed by atoms with E-state index in [4.69, 9.17) is 5.73 Å². The van der Waals surface area contributed by atoms with Crippen molar-refractivity contribution in [3.8, 4) is 0 Å². The first kappa shape index (κ1) is 12.3. The van der Waals surface area contributed by atoms with Crippen LogP contribution in [0.1, 0.15) is 11.6 Å². The van der Waals surface area contributed by atoms with Crippen molar-refractivity contribution in [2.45, 2.75) is 10.3 Å². The summed E-state index contributed by atoms with van der Waals surface area (Å²) in [5.41, 5.74) is 6.75. The van der Waals surface area contributed by atoms with Gasteiger partial charge in [-0.25, -0.2) is 8.42 Å². The lowest BCUT2D eigenvalue weighted by atomic mass is 10.1. The highest BCUT2D eigenvalue weighted by molar-refractivity contribution is 7.93. The molecule has 1 atom stereocenters. The lowest BCUT2D eigenvalue weighted by Gasteiger charge is -2.11. The largest absolute Gasteiger partial charge is 0.323 e. The molecule has 1 unspecified atom stereocenters. The van der Waals surface area contributed by atoms with Gasteiger partial charge in [-0.15, -0.1) is 11.3 Å². The van der Waals surface area contributed by atoms with Crippen LogP contribution in [-0.2, 0) is 9.84 Å². The van der Waals surface area contributed by atoms with Gasteiger partial charge in [0.25, 0.3) is 0 Å². The molecule has 0 aliphatic rings. The molecular weight excluding hydrogens is 254 g/mol. The quantitative estimate of drug-likeness (QED) is 0.924. The number of nitrogens with two attached hydrogens (primary N) is 1. The van der Waals surface area contributed by atoms with Crippen molar-refractivity contribution in [1.29, 1.82) is 0 Å². The number of benzene rings is 1. The van der Waals surface area contributed by atoms with Crippen LogP contribution in [0.3, 0.4) is 0 Å². The molecule has 5 heteroatoms. The standard InChI is InChI=1S/C12H13NO2S2/c13-11(10-5-2-1-3-6-10)9-17(14,15)12-7-4-8-16-12/h1-8,11H,9,13H2. The van der Waals surface area contributed by atoms with Gasteiger partial charge in [0, 0.05) is 6.04 Å². The fourth-order valence-corrected chi connectivity index (χ4v) is 4.08. The Kier molecular flexibility index (Phi) is 3.61. The van der Waals surface area contributed by atoms with Crippen LogP contribution in [0.2, 0.25) is 0 Å². The van der Waals surface area contributed by atoms with Crippen molar-refractivity contribution in [2.75, 3.05) is 5.75 Å². The molecule has 90 valence electrons. The minimum atomic E-state index is -3.27. The highest BCUT2D eigenvalue weighted by Crippen LogP contribution is 2.21. The van der Waals surface area contributed by atoms with Gasteiger partial charge in [-0.2, -0.15) is 0 Å². The summed E-state index contributed by atoms with van der Waals surface area (Å²) < 4.78 is 24.4. The third-order valence-electron chi connectivity index (χ3n) is 2.43. The molecular formula is C12H13NO2S2. The maximum absolute atomic E-state index is 12.0. The number of sulfone groups is 1. The molecule has 1 aromatic carbocycles.